The monoisotopic (exact) mass is 231 g/mol. The molecule has 0 amide bonds. The zero-order valence-electron chi connectivity index (χ0n) is 10.7. The van der Waals surface area contributed by atoms with Gasteiger partial charge in [-0.05, 0) is 49.3 Å². The predicted octanol–water partition coefficient (Wildman–Crippen LogP) is 2.54. The van der Waals surface area contributed by atoms with E-state index in [4.69, 9.17) is 5.73 Å². The summed E-state index contributed by atoms with van der Waals surface area (Å²) < 4.78 is 0. The third kappa shape index (κ3) is 3.16. The molecule has 2 rings (SSSR count). The molecule has 0 saturated heterocycles. The molecule has 92 valence electrons. The molecule has 0 heterocycles. The van der Waals surface area contributed by atoms with Gasteiger partial charge in [-0.2, -0.15) is 0 Å². The lowest BCUT2D eigenvalue weighted by Crippen LogP contribution is -2.26. The largest absolute Gasteiger partial charge is 0.327 e. The second kappa shape index (κ2) is 5.01. The van der Waals surface area contributed by atoms with E-state index < -0.39 is 0 Å². The average molecular weight is 231 g/mol. The number of ketones is 1. The van der Waals surface area contributed by atoms with Gasteiger partial charge in [0.2, 0.25) is 0 Å². The van der Waals surface area contributed by atoms with Crippen molar-refractivity contribution in [2.75, 3.05) is 0 Å². The third-order valence-electron chi connectivity index (χ3n) is 3.71. The Balaban J connectivity index is 1.97. The molecule has 2 N–H and O–H groups in total. The number of hydrogen-bond acceptors (Lipinski definition) is 2. The number of aryl methyl sites for hydroxylation is 2. The first-order valence-corrected chi connectivity index (χ1v) is 6.40. The van der Waals surface area contributed by atoms with Gasteiger partial charge in [0.15, 0.2) is 0 Å². The van der Waals surface area contributed by atoms with Crippen LogP contribution in [0.15, 0.2) is 18.2 Å². The van der Waals surface area contributed by atoms with E-state index in [1.54, 1.807) is 0 Å². The first-order valence-electron chi connectivity index (χ1n) is 6.40. The Labute approximate surface area is 103 Å². The van der Waals surface area contributed by atoms with E-state index in [9.17, 15) is 4.79 Å². The van der Waals surface area contributed by atoms with E-state index in [2.05, 4.69) is 26.0 Å². The summed E-state index contributed by atoms with van der Waals surface area (Å²) in [6.07, 6.45) is 3.49. The third-order valence-corrected chi connectivity index (χ3v) is 3.71. The van der Waals surface area contributed by atoms with Gasteiger partial charge in [-0.1, -0.05) is 18.2 Å². The fraction of sp³-hybridized carbons (Fsp3) is 0.533. The molecule has 0 aliphatic heterocycles. The molecule has 0 bridgehead atoms. The van der Waals surface area contributed by atoms with E-state index in [0.29, 0.717) is 18.8 Å². The van der Waals surface area contributed by atoms with E-state index >= 15 is 0 Å². The number of hydrogen-bond donors (Lipinski definition) is 1. The molecule has 2 nitrogen and oxygen atoms in total. The zero-order chi connectivity index (χ0) is 12.4. The lowest BCUT2D eigenvalue weighted by Gasteiger charge is -2.12. The molecular weight excluding hydrogens is 210 g/mol. The summed E-state index contributed by atoms with van der Waals surface area (Å²) in [6, 6.07) is 6.26. The van der Waals surface area contributed by atoms with Gasteiger partial charge in [0, 0.05) is 18.9 Å². The maximum Gasteiger partial charge on any atom is 0.138 e. The summed E-state index contributed by atoms with van der Waals surface area (Å²) in [7, 11) is 0. The van der Waals surface area contributed by atoms with Crippen molar-refractivity contribution >= 4 is 5.78 Å². The van der Waals surface area contributed by atoms with Crippen LogP contribution in [0.3, 0.4) is 0 Å². The van der Waals surface area contributed by atoms with Crippen LogP contribution >= 0.6 is 0 Å². The van der Waals surface area contributed by atoms with Crippen molar-refractivity contribution in [3.63, 3.8) is 0 Å². The van der Waals surface area contributed by atoms with Crippen LogP contribution in [0.4, 0.5) is 0 Å². The molecule has 1 aromatic carbocycles. The molecule has 1 saturated carbocycles. The Morgan fingerprint density at radius 2 is 1.94 bits per heavy atom. The van der Waals surface area contributed by atoms with Gasteiger partial charge in [-0.3, -0.25) is 4.79 Å². The van der Waals surface area contributed by atoms with Crippen LogP contribution < -0.4 is 5.73 Å². The van der Waals surface area contributed by atoms with E-state index in [0.717, 1.165) is 0 Å². The van der Waals surface area contributed by atoms with E-state index in [1.165, 1.54) is 29.5 Å². The minimum absolute atomic E-state index is 0.0897. The van der Waals surface area contributed by atoms with Gasteiger partial charge >= 0.3 is 0 Å². The number of benzene rings is 1. The lowest BCUT2D eigenvalue weighted by molar-refractivity contribution is -0.118. The number of rotatable bonds is 5. The van der Waals surface area contributed by atoms with Crippen molar-refractivity contribution in [1.82, 2.24) is 0 Å². The summed E-state index contributed by atoms with van der Waals surface area (Å²) in [6.45, 7) is 4.13. The van der Waals surface area contributed by atoms with Crippen LogP contribution in [0, 0.1) is 19.8 Å². The van der Waals surface area contributed by atoms with Crippen molar-refractivity contribution in [1.29, 1.82) is 0 Å². The summed E-state index contributed by atoms with van der Waals surface area (Å²) in [5.41, 5.74) is 9.58. The van der Waals surface area contributed by atoms with Crippen LogP contribution in [0.25, 0.3) is 0 Å². The molecule has 1 aliphatic rings. The van der Waals surface area contributed by atoms with Gasteiger partial charge in [-0.25, -0.2) is 0 Å². The van der Waals surface area contributed by atoms with E-state index in [-0.39, 0.29) is 11.8 Å². The summed E-state index contributed by atoms with van der Waals surface area (Å²) in [5.74, 6) is 0.888. The minimum Gasteiger partial charge on any atom is -0.327 e. The molecular formula is C15H21NO. The average Bonchev–Trinajstić information content (AvgIpc) is 3.07. The maximum absolute atomic E-state index is 12.0. The second-order valence-electron chi connectivity index (χ2n) is 5.29. The van der Waals surface area contributed by atoms with Crippen molar-refractivity contribution in [2.45, 2.75) is 45.6 Å². The summed E-state index contributed by atoms with van der Waals surface area (Å²) in [5, 5.41) is 0. The molecule has 1 fully saturated rings. The fourth-order valence-electron chi connectivity index (χ4n) is 2.35. The SMILES string of the molecule is Cc1cccc(C)c1CC(=O)CC(N)C1CC1. The van der Waals surface area contributed by atoms with Gasteiger partial charge in [0.1, 0.15) is 5.78 Å². The summed E-state index contributed by atoms with van der Waals surface area (Å²) >= 11 is 0. The highest BCUT2D eigenvalue weighted by Gasteiger charge is 2.29. The first-order chi connectivity index (χ1) is 8.08. The van der Waals surface area contributed by atoms with Crippen LogP contribution in [0.2, 0.25) is 0 Å². The quantitative estimate of drug-likeness (QED) is 0.846. The van der Waals surface area contributed by atoms with Gasteiger partial charge < -0.3 is 5.73 Å². The standard InChI is InChI=1S/C15H21NO/c1-10-4-3-5-11(2)14(10)8-13(17)9-15(16)12-6-7-12/h3-5,12,15H,6-9,16H2,1-2H3. The highest BCUT2D eigenvalue weighted by molar-refractivity contribution is 5.82. The highest BCUT2D eigenvalue weighted by Crippen LogP contribution is 2.33. The molecule has 1 aromatic rings. The minimum atomic E-state index is 0.0897. The van der Waals surface area contributed by atoms with Crippen molar-refractivity contribution in [3.05, 3.63) is 34.9 Å². The molecule has 1 unspecified atom stereocenters. The van der Waals surface area contributed by atoms with Gasteiger partial charge in [0.05, 0.1) is 0 Å². The van der Waals surface area contributed by atoms with E-state index in [1.807, 2.05) is 6.07 Å². The zero-order valence-corrected chi connectivity index (χ0v) is 10.7. The van der Waals surface area contributed by atoms with Crippen LogP contribution in [-0.2, 0) is 11.2 Å². The topological polar surface area (TPSA) is 43.1 Å². The Morgan fingerprint density at radius 1 is 1.35 bits per heavy atom. The second-order valence-corrected chi connectivity index (χ2v) is 5.29. The molecule has 0 spiro atoms. The Morgan fingerprint density at radius 3 is 2.47 bits per heavy atom. The number of nitrogens with two attached hydrogens (primary N) is 1. The number of carbonyl (C=O) groups excluding carboxylic acids is 1. The molecule has 0 radical (unpaired) electrons. The van der Waals surface area contributed by atoms with Crippen LogP contribution in [0.1, 0.15) is 36.0 Å². The number of Topliss-reactive ketones (excluding diaryl/α,β-unsaturated/α-hetero) is 1. The Hall–Kier alpha value is -1.15. The normalized spacial score (nSPS) is 16.9. The molecule has 2 heteroatoms. The van der Waals surface area contributed by atoms with Gasteiger partial charge in [0.25, 0.3) is 0 Å². The molecule has 0 aromatic heterocycles. The maximum atomic E-state index is 12.0. The smallest absolute Gasteiger partial charge is 0.138 e. The van der Waals surface area contributed by atoms with Crippen molar-refractivity contribution < 1.29 is 4.79 Å². The predicted molar refractivity (Wildman–Crippen MR) is 69.9 cm³/mol. The Bertz CT molecular complexity index is 401. The van der Waals surface area contributed by atoms with Crippen LogP contribution in [-0.4, -0.2) is 11.8 Å². The molecule has 1 aliphatic carbocycles. The summed E-state index contributed by atoms with van der Waals surface area (Å²) in [4.78, 5) is 12.0. The van der Waals surface area contributed by atoms with Crippen molar-refractivity contribution in [3.8, 4) is 0 Å². The fourth-order valence-corrected chi connectivity index (χ4v) is 2.35. The Kier molecular flexibility index (Phi) is 3.63. The van der Waals surface area contributed by atoms with Gasteiger partial charge in [-0.15, -0.1) is 0 Å². The molecule has 1 atom stereocenters. The first kappa shape index (κ1) is 12.3. The van der Waals surface area contributed by atoms with Crippen LogP contribution in [0.5, 0.6) is 0 Å². The number of carbonyl (C=O) groups is 1. The van der Waals surface area contributed by atoms with Crippen molar-refractivity contribution in [2.24, 2.45) is 11.7 Å². The highest BCUT2D eigenvalue weighted by atomic mass is 16.1. The molecule has 17 heavy (non-hydrogen) atoms. The lowest BCUT2D eigenvalue weighted by atomic mass is 9.95.